The van der Waals surface area contributed by atoms with Crippen molar-refractivity contribution < 1.29 is 19.1 Å². The summed E-state index contributed by atoms with van der Waals surface area (Å²) in [5.41, 5.74) is -0.869. The molecule has 5 heteroatoms. The largest absolute Gasteiger partial charge is 0.464 e. The average Bonchev–Trinajstić information content (AvgIpc) is 3.03. The van der Waals surface area contributed by atoms with Crippen molar-refractivity contribution in [2.24, 2.45) is 0 Å². The second-order valence-corrected chi connectivity index (χ2v) is 6.75. The predicted octanol–water partition coefficient (Wildman–Crippen LogP) is 4.73. The molecule has 1 fully saturated rings. The molecule has 140 valence electrons. The van der Waals surface area contributed by atoms with Gasteiger partial charge in [-0.3, -0.25) is 0 Å². The fourth-order valence-corrected chi connectivity index (χ4v) is 3.26. The summed E-state index contributed by atoms with van der Waals surface area (Å²) < 4.78 is 10.4. The first-order valence-corrected chi connectivity index (χ1v) is 9.77. The average molecular weight is 341 g/mol. The van der Waals surface area contributed by atoms with Gasteiger partial charge in [-0.25, -0.2) is 9.59 Å². The molecule has 0 aromatic carbocycles. The number of amides is 1. The fraction of sp³-hybridized carbons (Fsp3) is 0.895. The topological polar surface area (TPSA) is 64.6 Å². The zero-order valence-electron chi connectivity index (χ0n) is 15.5. The second-order valence-electron chi connectivity index (χ2n) is 6.75. The number of carbonyl (C=O) groups is 2. The number of carbonyl (C=O) groups excluding carboxylic acids is 2. The molecular weight excluding hydrogens is 306 g/mol. The van der Waals surface area contributed by atoms with E-state index in [2.05, 4.69) is 12.2 Å². The van der Waals surface area contributed by atoms with E-state index in [1.807, 2.05) is 0 Å². The lowest BCUT2D eigenvalue weighted by Crippen LogP contribution is -2.53. The number of ether oxygens (including phenoxy) is 2. The van der Waals surface area contributed by atoms with Gasteiger partial charge < -0.3 is 14.8 Å². The normalized spacial score (nSPS) is 15.9. The number of unbranched alkanes of at least 4 members (excludes halogenated alkanes) is 7. The summed E-state index contributed by atoms with van der Waals surface area (Å²) in [6.45, 7) is 4.72. The molecule has 0 spiro atoms. The van der Waals surface area contributed by atoms with Gasteiger partial charge in [0, 0.05) is 0 Å². The molecule has 0 bridgehead atoms. The maximum absolute atomic E-state index is 12.4. The highest BCUT2D eigenvalue weighted by atomic mass is 16.6. The lowest BCUT2D eigenvalue weighted by molar-refractivity contribution is -0.151. The summed E-state index contributed by atoms with van der Waals surface area (Å²) in [6, 6.07) is 0. The molecule has 1 aliphatic rings. The Balaban J connectivity index is 2.20. The number of esters is 1. The Bertz CT molecular complexity index is 364. The van der Waals surface area contributed by atoms with Crippen LogP contribution in [0.15, 0.2) is 0 Å². The molecule has 1 rings (SSSR count). The van der Waals surface area contributed by atoms with Crippen molar-refractivity contribution in [3.63, 3.8) is 0 Å². The Morgan fingerprint density at radius 1 is 0.875 bits per heavy atom. The molecular formula is C19H35NO4. The molecule has 0 aromatic rings. The number of nitrogens with one attached hydrogen (secondary N) is 1. The quantitative estimate of drug-likeness (QED) is 0.412. The summed E-state index contributed by atoms with van der Waals surface area (Å²) in [4.78, 5) is 24.1. The van der Waals surface area contributed by atoms with Crippen LogP contribution in [0.1, 0.15) is 90.9 Å². The second kappa shape index (κ2) is 12.2. The van der Waals surface area contributed by atoms with Gasteiger partial charge in [0.05, 0.1) is 13.2 Å². The summed E-state index contributed by atoms with van der Waals surface area (Å²) in [7, 11) is 0. The molecule has 24 heavy (non-hydrogen) atoms. The SMILES string of the molecule is CCCCCCCCCCOC(=O)C1(NC(=O)OCC)CCCC1. The van der Waals surface area contributed by atoms with E-state index in [0.717, 1.165) is 25.7 Å². The van der Waals surface area contributed by atoms with E-state index in [-0.39, 0.29) is 5.97 Å². The number of rotatable bonds is 12. The van der Waals surface area contributed by atoms with Gasteiger partial charge in [-0.15, -0.1) is 0 Å². The minimum Gasteiger partial charge on any atom is -0.464 e. The van der Waals surface area contributed by atoms with Crippen molar-refractivity contribution in [1.82, 2.24) is 5.32 Å². The van der Waals surface area contributed by atoms with E-state index in [0.29, 0.717) is 26.1 Å². The van der Waals surface area contributed by atoms with E-state index in [9.17, 15) is 9.59 Å². The van der Waals surface area contributed by atoms with Crippen LogP contribution in [0, 0.1) is 0 Å². The van der Waals surface area contributed by atoms with Crippen molar-refractivity contribution in [3.8, 4) is 0 Å². The molecule has 1 saturated carbocycles. The first kappa shape index (κ1) is 20.8. The van der Waals surface area contributed by atoms with Crippen LogP contribution in [0.5, 0.6) is 0 Å². The minimum absolute atomic E-state index is 0.295. The number of hydrogen-bond donors (Lipinski definition) is 1. The molecule has 1 N–H and O–H groups in total. The van der Waals surface area contributed by atoms with Crippen LogP contribution in [0.25, 0.3) is 0 Å². The molecule has 0 aromatic heterocycles. The van der Waals surface area contributed by atoms with Crippen LogP contribution in [0.3, 0.4) is 0 Å². The molecule has 1 aliphatic carbocycles. The van der Waals surface area contributed by atoms with Crippen LogP contribution in [0.4, 0.5) is 4.79 Å². The van der Waals surface area contributed by atoms with Gasteiger partial charge >= 0.3 is 12.1 Å². The van der Waals surface area contributed by atoms with Crippen molar-refractivity contribution in [3.05, 3.63) is 0 Å². The Morgan fingerprint density at radius 2 is 1.46 bits per heavy atom. The highest BCUT2D eigenvalue weighted by molar-refractivity contribution is 5.86. The first-order valence-electron chi connectivity index (χ1n) is 9.77. The van der Waals surface area contributed by atoms with E-state index in [1.54, 1.807) is 6.92 Å². The van der Waals surface area contributed by atoms with Crippen LogP contribution >= 0.6 is 0 Å². The molecule has 0 atom stereocenters. The van der Waals surface area contributed by atoms with Crippen molar-refractivity contribution >= 4 is 12.1 Å². The summed E-state index contributed by atoms with van der Waals surface area (Å²) in [5, 5.41) is 2.74. The van der Waals surface area contributed by atoms with Gasteiger partial charge in [0.15, 0.2) is 0 Å². The van der Waals surface area contributed by atoms with Crippen LogP contribution in [0.2, 0.25) is 0 Å². The third kappa shape index (κ3) is 7.54. The van der Waals surface area contributed by atoms with Gasteiger partial charge in [0.2, 0.25) is 0 Å². The Kier molecular flexibility index (Phi) is 10.5. The highest BCUT2D eigenvalue weighted by Crippen LogP contribution is 2.31. The van der Waals surface area contributed by atoms with E-state index >= 15 is 0 Å². The molecule has 0 heterocycles. The predicted molar refractivity (Wildman–Crippen MR) is 94.9 cm³/mol. The van der Waals surface area contributed by atoms with E-state index in [4.69, 9.17) is 9.47 Å². The summed E-state index contributed by atoms with van der Waals surface area (Å²) in [6.07, 6.45) is 12.3. The van der Waals surface area contributed by atoms with Gasteiger partial charge in [-0.2, -0.15) is 0 Å². The molecule has 0 aliphatic heterocycles. The number of alkyl carbamates (subject to hydrolysis) is 1. The molecule has 0 radical (unpaired) electrons. The van der Waals surface area contributed by atoms with Gasteiger partial charge in [0.25, 0.3) is 0 Å². The lowest BCUT2D eigenvalue weighted by atomic mass is 9.98. The minimum atomic E-state index is -0.869. The van der Waals surface area contributed by atoms with Crippen LogP contribution < -0.4 is 5.32 Å². The van der Waals surface area contributed by atoms with E-state index < -0.39 is 11.6 Å². The maximum Gasteiger partial charge on any atom is 0.408 e. The Hall–Kier alpha value is -1.26. The Labute approximate surface area is 146 Å². The van der Waals surface area contributed by atoms with Crippen LogP contribution in [-0.4, -0.2) is 30.8 Å². The molecule has 0 saturated heterocycles. The number of hydrogen-bond acceptors (Lipinski definition) is 4. The zero-order valence-corrected chi connectivity index (χ0v) is 15.5. The first-order chi connectivity index (χ1) is 11.6. The third-order valence-electron chi connectivity index (χ3n) is 4.70. The van der Waals surface area contributed by atoms with Crippen molar-refractivity contribution in [2.45, 2.75) is 96.4 Å². The van der Waals surface area contributed by atoms with Crippen molar-refractivity contribution in [2.75, 3.05) is 13.2 Å². The smallest absolute Gasteiger partial charge is 0.408 e. The fourth-order valence-electron chi connectivity index (χ4n) is 3.26. The lowest BCUT2D eigenvalue weighted by Gasteiger charge is -2.27. The molecule has 5 nitrogen and oxygen atoms in total. The summed E-state index contributed by atoms with van der Waals surface area (Å²) >= 11 is 0. The molecule has 1 amide bonds. The van der Waals surface area contributed by atoms with E-state index in [1.165, 1.54) is 38.5 Å². The molecule has 0 unspecified atom stereocenters. The highest BCUT2D eigenvalue weighted by Gasteiger charge is 2.44. The van der Waals surface area contributed by atoms with Gasteiger partial charge in [0.1, 0.15) is 5.54 Å². The standard InChI is InChI=1S/C19H35NO4/c1-3-5-6-7-8-9-10-13-16-24-17(21)19(14-11-12-15-19)20-18(22)23-4-2/h3-16H2,1-2H3,(H,20,22). The van der Waals surface area contributed by atoms with Gasteiger partial charge in [-0.05, 0) is 26.2 Å². The van der Waals surface area contributed by atoms with Crippen LogP contribution in [-0.2, 0) is 14.3 Å². The zero-order chi connectivity index (χ0) is 17.7. The monoisotopic (exact) mass is 341 g/mol. The summed E-state index contributed by atoms with van der Waals surface area (Å²) in [5.74, 6) is -0.295. The Morgan fingerprint density at radius 3 is 2.04 bits per heavy atom. The van der Waals surface area contributed by atoms with Gasteiger partial charge in [-0.1, -0.05) is 64.7 Å². The maximum atomic E-state index is 12.4. The van der Waals surface area contributed by atoms with Crippen molar-refractivity contribution in [1.29, 1.82) is 0 Å². The third-order valence-corrected chi connectivity index (χ3v) is 4.70.